The number of nitrogens with one attached hydrogen (secondary N) is 1. The zero-order chi connectivity index (χ0) is 14.5. The fourth-order valence-corrected chi connectivity index (χ4v) is 2.23. The number of nitrogens with zero attached hydrogens (tertiary/aromatic N) is 1. The van der Waals surface area contributed by atoms with Crippen molar-refractivity contribution in [1.82, 2.24) is 10.2 Å². The minimum atomic E-state index is -4.10. The molecule has 4 nitrogen and oxygen atoms in total. The number of hydrogen-bond donors (Lipinski definition) is 1. The van der Waals surface area contributed by atoms with Gasteiger partial charge in [0.1, 0.15) is 6.04 Å². The van der Waals surface area contributed by atoms with Crippen LogP contribution in [-0.4, -0.2) is 56.4 Å². The second kappa shape index (κ2) is 7.09. The first-order valence-electron chi connectivity index (χ1n) is 6.51. The van der Waals surface area contributed by atoms with Crippen LogP contribution in [-0.2, 0) is 9.53 Å². The summed E-state index contributed by atoms with van der Waals surface area (Å²) in [6, 6.07) is -0.484. The SMILES string of the molecule is CCOC(=O)C(CN1CCC(C(F)(F)F)CC1)NC. The first kappa shape index (κ1) is 16.2. The molecule has 19 heavy (non-hydrogen) atoms. The summed E-state index contributed by atoms with van der Waals surface area (Å²) in [5, 5.41) is 2.84. The van der Waals surface area contributed by atoms with Gasteiger partial charge in [0.25, 0.3) is 0 Å². The molecular weight excluding hydrogens is 261 g/mol. The predicted molar refractivity (Wildman–Crippen MR) is 64.7 cm³/mol. The molecule has 1 atom stereocenters. The highest BCUT2D eigenvalue weighted by Gasteiger charge is 2.41. The van der Waals surface area contributed by atoms with Crippen molar-refractivity contribution in [3.63, 3.8) is 0 Å². The number of likely N-dealkylation sites (tertiary alicyclic amines) is 1. The second-order valence-electron chi connectivity index (χ2n) is 4.71. The van der Waals surface area contributed by atoms with E-state index < -0.39 is 18.1 Å². The topological polar surface area (TPSA) is 41.6 Å². The number of piperidine rings is 1. The lowest BCUT2D eigenvalue weighted by atomic mass is 9.96. The molecule has 1 N–H and O–H groups in total. The van der Waals surface area contributed by atoms with Gasteiger partial charge in [0.05, 0.1) is 12.5 Å². The third-order valence-corrected chi connectivity index (χ3v) is 3.41. The van der Waals surface area contributed by atoms with Gasteiger partial charge in [0, 0.05) is 6.54 Å². The second-order valence-corrected chi connectivity index (χ2v) is 4.71. The Hall–Kier alpha value is -0.820. The Balaban J connectivity index is 2.41. The van der Waals surface area contributed by atoms with Crippen LogP contribution in [0.5, 0.6) is 0 Å². The van der Waals surface area contributed by atoms with Crippen LogP contribution >= 0.6 is 0 Å². The smallest absolute Gasteiger partial charge is 0.391 e. The van der Waals surface area contributed by atoms with E-state index in [4.69, 9.17) is 4.74 Å². The van der Waals surface area contributed by atoms with Gasteiger partial charge in [-0.3, -0.25) is 4.79 Å². The Morgan fingerprint density at radius 1 is 1.42 bits per heavy atom. The van der Waals surface area contributed by atoms with Crippen LogP contribution in [0.15, 0.2) is 0 Å². The Morgan fingerprint density at radius 3 is 2.42 bits per heavy atom. The van der Waals surface area contributed by atoms with E-state index >= 15 is 0 Å². The highest BCUT2D eigenvalue weighted by Crippen LogP contribution is 2.33. The number of halogens is 3. The molecule has 1 aliphatic heterocycles. The number of esters is 1. The molecule has 0 saturated carbocycles. The van der Waals surface area contributed by atoms with Gasteiger partial charge >= 0.3 is 12.1 Å². The van der Waals surface area contributed by atoms with Crippen molar-refractivity contribution in [2.24, 2.45) is 5.92 Å². The number of hydrogen-bond acceptors (Lipinski definition) is 4. The molecule has 0 aromatic carbocycles. The maximum atomic E-state index is 12.5. The Kier molecular flexibility index (Phi) is 6.06. The molecule has 112 valence electrons. The van der Waals surface area contributed by atoms with Crippen LogP contribution in [0.4, 0.5) is 13.2 Å². The summed E-state index contributed by atoms with van der Waals surface area (Å²) in [4.78, 5) is 13.5. The third-order valence-electron chi connectivity index (χ3n) is 3.41. The van der Waals surface area contributed by atoms with Crippen molar-refractivity contribution in [1.29, 1.82) is 0 Å². The van der Waals surface area contributed by atoms with E-state index in [0.29, 0.717) is 26.2 Å². The highest BCUT2D eigenvalue weighted by atomic mass is 19.4. The van der Waals surface area contributed by atoms with E-state index in [-0.39, 0.29) is 18.8 Å². The van der Waals surface area contributed by atoms with E-state index in [1.165, 1.54) is 0 Å². The van der Waals surface area contributed by atoms with Gasteiger partial charge in [0.2, 0.25) is 0 Å². The van der Waals surface area contributed by atoms with Crippen molar-refractivity contribution in [2.75, 3.05) is 33.3 Å². The van der Waals surface area contributed by atoms with Crippen molar-refractivity contribution >= 4 is 5.97 Å². The van der Waals surface area contributed by atoms with Crippen LogP contribution in [0, 0.1) is 5.92 Å². The van der Waals surface area contributed by atoms with E-state index in [1.54, 1.807) is 14.0 Å². The van der Waals surface area contributed by atoms with Crippen LogP contribution in [0.1, 0.15) is 19.8 Å². The van der Waals surface area contributed by atoms with Gasteiger partial charge < -0.3 is 15.0 Å². The molecule has 0 aromatic heterocycles. The number of ether oxygens (including phenoxy) is 1. The first-order valence-corrected chi connectivity index (χ1v) is 6.51. The summed E-state index contributed by atoms with van der Waals surface area (Å²) in [7, 11) is 1.64. The number of carbonyl (C=O) groups is 1. The fourth-order valence-electron chi connectivity index (χ4n) is 2.23. The Morgan fingerprint density at radius 2 is 2.00 bits per heavy atom. The Bertz CT molecular complexity index is 289. The molecular formula is C12H21F3N2O2. The van der Waals surface area contributed by atoms with Gasteiger partial charge in [-0.15, -0.1) is 0 Å². The molecule has 1 fully saturated rings. The van der Waals surface area contributed by atoms with Gasteiger partial charge in [-0.05, 0) is 39.9 Å². The molecule has 0 amide bonds. The summed E-state index contributed by atoms with van der Waals surface area (Å²) >= 11 is 0. The van der Waals surface area contributed by atoms with Gasteiger partial charge in [0.15, 0.2) is 0 Å². The minimum absolute atomic E-state index is 0.1000. The third kappa shape index (κ3) is 4.99. The van der Waals surface area contributed by atoms with Crippen LogP contribution < -0.4 is 5.32 Å². The molecule has 0 radical (unpaired) electrons. The van der Waals surface area contributed by atoms with Crippen molar-refractivity contribution < 1.29 is 22.7 Å². The van der Waals surface area contributed by atoms with E-state index in [9.17, 15) is 18.0 Å². The lowest BCUT2D eigenvalue weighted by Gasteiger charge is -2.34. The summed E-state index contributed by atoms with van der Waals surface area (Å²) in [6.45, 7) is 3.13. The zero-order valence-corrected chi connectivity index (χ0v) is 11.3. The molecule has 1 unspecified atom stereocenters. The number of alkyl halides is 3. The quantitative estimate of drug-likeness (QED) is 0.774. The standard InChI is InChI=1S/C12H21F3N2O2/c1-3-19-11(18)10(16-2)8-17-6-4-9(5-7-17)12(13,14)15/h9-10,16H,3-8H2,1-2H3. The highest BCUT2D eigenvalue weighted by molar-refractivity contribution is 5.76. The molecule has 0 aromatic rings. The molecule has 1 aliphatic rings. The normalized spacial score (nSPS) is 20.3. The van der Waals surface area contributed by atoms with E-state index in [0.717, 1.165) is 0 Å². The van der Waals surface area contributed by atoms with Crippen molar-refractivity contribution in [3.8, 4) is 0 Å². The molecule has 1 heterocycles. The maximum absolute atomic E-state index is 12.5. The summed E-state index contributed by atoms with van der Waals surface area (Å²) in [6.07, 6.45) is -3.90. The monoisotopic (exact) mass is 282 g/mol. The fraction of sp³-hybridized carbons (Fsp3) is 0.917. The number of rotatable bonds is 5. The molecule has 7 heteroatoms. The maximum Gasteiger partial charge on any atom is 0.391 e. The van der Waals surface area contributed by atoms with Crippen LogP contribution in [0.25, 0.3) is 0 Å². The van der Waals surface area contributed by atoms with Crippen molar-refractivity contribution in [3.05, 3.63) is 0 Å². The van der Waals surface area contributed by atoms with Crippen LogP contribution in [0.3, 0.4) is 0 Å². The van der Waals surface area contributed by atoms with Gasteiger partial charge in [-0.1, -0.05) is 0 Å². The molecule has 1 saturated heterocycles. The molecule has 0 spiro atoms. The van der Waals surface area contributed by atoms with E-state index in [1.807, 2.05) is 4.90 Å². The van der Waals surface area contributed by atoms with Gasteiger partial charge in [-0.2, -0.15) is 13.2 Å². The lowest BCUT2D eigenvalue weighted by Crippen LogP contribution is -2.48. The van der Waals surface area contributed by atoms with Crippen LogP contribution in [0.2, 0.25) is 0 Å². The molecule has 0 bridgehead atoms. The summed E-state index contributed by atoms with van der Waals surface area (Å²) in [5.74, 6) is -1.57. The van der Waals surface area contributed by atoms with E-state index in [2.05, 4.69) is 5.32 Å². The Labute approximate surface area is 111 Å². The molecule has 1 rings (SSSR count). The first-order chi connectivity index (χ1) is 8.88. The lowest BCUT2D eigenvalue weighted by molar-refractivity contribution is -0.185. The summed E-state index contributed by atoms with van der Waals surface area (Å²) < 4.78 is 42.5. The average Bonchev–Trinajstić information content (AvgIpc) is 2.35. The predicted octanol–water partition coefficient (Wildman–Crippen LogP) is 1.41. The number of likely N-dealkylation sites (N-methyl/N-ethyl adjacent to an activating group) is 1. The van der Waals surface area contributed by atoms with Crippen molar-refractivity contribution in [2.45, 2.75) is 32.0 Å². The van der Waals surface area contributed by atoms with Gasteiger partial charge in [-0.25, -0.2) is 0 Å². The molecule has 0 aliphatic carbocycles. The number of carbonyl (C=O) groups excluding carboxylic acids is 1. The summed E-state index contributed by atoms with van der Waals surface area (Å²) in [5.41, 5.74) is 0. The average molecular weight is 282 g/mol. The zero-order valence-electron chi connectivity index (χ0n) is 11.3. The minimum Gasteiger partial charge on any atom is -0.465 e. The largest absolute Gasteiger partial charge is 0.465 e.